The largest absolute Gasteiger partial charge is 0.389 e. The number of nitrogens with zero attached hydrogens (tertiary/aromatic N) is 1. The number of nitrogens with one attached hydrogen (secondary N) is 1. The van der Waals surface area contributed by atoms with E-state index in [1.165, 1.54) is 19.4 Å². The molecular weight excluding hydrogens is 148 g/mol. The van der Waals surface area contributed by atoms with Gasteiger partial charge >= 0.3 is 0 Å². The van der Waals surface area contributed by atoms with E-state index in [-0.39, 0.29) is 0 Å². The van der Waals surface area contributed by atoms with Crippen LogP contribution in [0.5, 0.6) is 0 Å². The maximum absolute atomic E-state index is 3.79. The maximum Gasteiger partial charge on any atom is 0.0781 e. The topological polar surface area (TPSA) is 12.0 Å². The van der Waals surface area contributed by atoms with E-state index in [9.17, 15) is 0 Å². The summed E-state index contributed by atoms with van der Waals surface area (Å²) in [6, 6.07) is 0. The molecular formula is C10H23N2+. The fraction of sp³-hybridized carbons (Fsp3) is 0.800. The summed E-state index contributed by atoms with van der Waals surface area (Å²) in [5.41, 5.74) is 1.07. The molecule has 0 unspecified atom stereocenters. The van der Waals surface area contributed by atoms with Crippen molar-refractivity contribution in [3.8, 4) is 0 Å². The van der Waals surface area contributed by atoms with Crippen molar-refractivity contribution in [1.82, 2.24) is 5.32 Å². The fourth-order valence-electron chi connectivity index (χ4n) is 1.01. The number of rotatable bonds is 6. The van der Waals surface area contributed by atoms with Crippen molar-refractivity contribution < 1.29 is 4.48 Å². The van der Waals surface area contributed by atoms with Crippen LogP contribution in [0, 0.1) is 0 Å². The number of hydrogen-bond donors (Lipinski definition) is 1. The van der Waals surface area contributed by atoms with E-state index in [1.54, 1.807) is 0 Å². The SMILES string of the molecule is C=C(C)NCCCC[N+](C)(C)C. The summed E-state index contributed by atoms with van der Waals surface area (Å²) in [5.74, 6) is 0. The Morgan fingerprint density at radius 2 is 1.83 bits per heavy atom. The van der Waals surface area contributed by atoms with Gasteiger partial charge in [-0.15, -0.1) is 0 Å². The maximum atomic E-state index is 3.79. The molecule has 2 heteroatoms. The van der Waals surface area contributed by atoms with Gasteiger partial charge in [-0.05, 0) is 19.8 Å². The van der Waals surface area contributed by atoms with Crippen molar-refractivity contribution in [3.63, 3.8) is 0 Å². The Bertz CT molecular complexity index is 133. The second-order valence-corrected chi connectivity index (χ2v) is 4.43. The van der Waals surface area contributed by atoms with Crippen molar-refractivity contribution in [3.05, 3.63) is 12.3 Å². The van der Waals surface area contributed by atoms with Crippen LogP contribution in [-0.2, 0) is 0 Å². The number of hydrogen-bond acceptors (Lipinski definition) is 1. The zero-order valence-corrected chi connectivity index (χ0v) is 8.98. The van der Waals surface area contributed by atoms with Crippen LogP contribution in [-0.4, -0.2) is 38.7 Å². The van der Waals surface area contributed by atoms with Gasteiger partial charge < -0.3 is 9.80 Å². The minimum Gasteiger partial charge on any atom is -0.389 e. The van der Waals surface area contributed by atoms with Crippen LogP contribution in [0.1, 0.15) is 19.8 Å². The lowest BCUT2D eigenvalue weighted by Gasteiger charge is -2.23. The Balaban J connectivity index is 3.17. The van der Waals surface area contributed by atoms with Crippen LogP contribution < -0.4 is 5.32 Å². The third-order valence-electron chi connectivity index (χ3n) is 1.68. The Labute approximate surface area is 76.9 Å². The Morgan fingerprint density at radius 1 is 1.25 bits per heavy atom. The lowest BCUT2D eigenvalue weighted by molar-refractivity contribution is -0.870. The molecule has 0 amide bonds. The highest BCUT2D eigenvalue weighted by Crippen LogP contribution is 1.96. The lowest BCUT2D eigenvalue weighted by Crippen LogP contribution is -2.35. The summed E-state index contributed by atoms with van der Waals surface area (Å²) in [4.78, 5) is 0. The van der Waals surface area contributed by atoms with Crippen LogP contribution in [0.2, 0.25) is 0 Å². The summed E-state index contributed by atoms with van der Waals surface area (Å²) in [7, 11) is 6.69. The average Bonchev–Trinajstić information content (AvgIpc) is 1.83. The zero-order valence-electron chi connectivity index (χ0n) is 8.98. The minimum atomic E-state index is 1.06. The molecule has 0 aromatic heterocycles. The summed E-state index contributed by atoms with van der Waals surface area (Å²) in [5, 5.41) is 3.23. The Hall–Kier alpha value is -0.500. The van der Waals surface area contributed by atoms with Crippen LogP contribution in [0.4, 0.5) is 0 Å². The Kier molecular flexibility index (Phi) is 4.98. The third-order valence-corrected chi connectivity index (χ3v) is 1.68. The van der Waals surface area contributed by atoms with Crippen molar-refractivity contribution in [2.45, 2.75) is 19.8 Å². The van der Waals surface area contributed by atoms with Crippen molar-refractivity contribution in [2.24, 2.45) is 0 Å². The van der Waals surface area contributed by atoms with Gasteiger partial charge in [0.1, 0.15) is 0 Å². The molecule has 0 radical (unpaired) electrons. The molecule has 72 valence electrons. The first-order valence-electron chi connectivity index (χ1n) is 4.61. The molecule has 0 aromatic carbocycles. The molecule has 1 N–H and O–H groups in total. The van der Waals surface area contributed by atoms with Gasteiger partial charge in [0, 0.05) is 12.2 Å². The highest BCUT2D eigenvalue weighted by molar-refractivity contribution is 4.83. The molecule has 12 heavy (non-hydrogen) atoms. The highest BCUT2D eigenvalue weighted by Gasteiger charge is 2.04. The smallest absolute Gasteiger partial charge is 0.0781 e. The zero-order chi connectivity index (χ0) is 9.61. The van der Waals surface area contributed by atoms with Gasteiger partial charge in [-0.3, -0.25) is 0 Å². The highest BCUT2D eigenvalue weighted by atomic mass is 15.3. The predicted molar refractivity (Wildman–Crippen MR) is 55.0 cm³/mol. The molecule has 0 fully saturated rings. The molecule has 0 heterocycles. The quantitative estimate of drug-likeness (QED) is 0.473. The normalized spacial score (nSPS) is 11.3. The van der Waals surface area contributed by atoms with E-state index >= 15 is 0 Å². The monoisotopic (exact) mass is 171 g/mol. The first kappa shape index (κ1) is 11.5. The van der Waals surface area contributed by atoms with E-state index in [2.05, 4.69) is 33.0 Å². The molecule has 0 aromatic rings. The van der Waals surface area contributed by atoms with Crippen LogP contribution in [0.15, 0.2) is 12.3 Å². The van der Waals surface area contributed by atoms with Crippen LogP contribution in [0.3, 0.4) is 0 Å². The standard InChI is InChI=1S/C10H23N2/c1-10(2)11-8-6-7-9-12(3,4)5/h11H,1,6-9H2,2-5H3/q+1. The molecule has 0 saturated heterocycles. The second-order valence-electron chi connectivity index (χ2n) is 4.43. The summed E-state index contributed by atoms with van der Waals surface area (Å²) >= 11 is 0. The summed E-state index contributed by atoms with van der Waals surface area (Å²) in [6.45, 7) is 8.10. The molecule has 2 nitrogen and oxygen atoms in total. The van der Waals surface area contributed by atoms with Gasteiger partial charge in [-0.25, -0.2) is 0 Å². The molecule has 0 spiro atoms. The average molecular weight is 171 g/mol. The van der Waals surface area contributed by atoms with E-state index in [1.807, 2.05) is 6.92 Å². The Morgan fingerprint density at radius 3 is 2.25 bits per heavy atom. The van der Waals surface area contributed by atoms with Gasteiger partial charge in [0.05, 0.1) is 27.7 Å². The molecule has 0 aliphatic rings. The van der Waals surface area contributed by atoms with E-state index in [0.29, 0.717) is 0 Å². The summed E-state index contributed by atoms with van der Waals surface area (Å²) in [6.07, 6.45) is 2.52. The van der Waals surface area contributed by atoms with Gasteiger partial charge in [0.2, 0.25) is 0 Å². The van der Waals surface area contributed by atoms with Crippen molar-refractivity contribution >= 4 is 0 Å². The first-order valence-corrected chi connectivity index (χ1v) is 4.61. The van der Waals surface area contributed by atoms with Gasteiger partial charge in [-0.1, -0.05) is 6.58 Å². The van der Waals surface area contributed by atoms with Crippen LogP contribution in [0.25, 0.3) is 0 Å². The van der Waals surface area contributed by atoms with Crippen LogP contribution >= 0.6 is 0 Å². The number of unbranched alkanes of at least 4 members (excludes halogenated alkanes) is 1. The van der Waals surface area contributed by atoms with Gasteiger partial charge in [0.15, 0.2) is 0 Å². The molecule has 0 rings (SSSR count). The van der Waals surface area contributed by atoms with E-state index < -0.39 is 0 Å². The molecule has 0 aliphatic heterocycles. The third kappa shape index (κ3) is 9.50. The van der Waals surface area contributed by atoms with Crippen molar-refractivity contribution in [1.29, 1.82) is 0 Å². The fourth-order valence-corrected chi connectivity index (χ4v) is 1.01. The number of quaternary nitrogens is 1. The lowest BCUT2D eigenvalue weighted by atomic mass is 10.3. The van der Waals surface area contributed by atoms with Gasteiger partial charge in [0.25, 0.3) is 0 Å². The molecule has 0 bridgehead atoms. The van der Waals surface area contributed by atoms with E-state index in [4.69, 9.17) is 0 Å². The second kappa shape index (κ2) is 5.20. The number of allylic oxidation sites excluding steroid dienone is 1. The minimum absolute atomic E-state index is 1.06. The van der Waals surface area contributed by atoms with Crippen molar-refractivity contribution in [2.75, 3.05) is 34.2 Å². The molecule has 0 atom stereocenters. The van der Waals surface area contributed by atoms with Gasteiger partial charge in [-0.2, -0.15) is 0 Å². The predicted octanol–water partition coefficient (Wildman–Crippen LogP) is 1.60. The summed E-state index contributed by atoms with van der Waals surface area (Å²) < 4.78 is 1.06. The molecule has 0 saturated carbocycles. The molecule has 0 aliphatic carbocycles. The van der Waals surface area contributed by atoms with E-state index in [0.717, 1.165) is 16.7 Å². The first-order chi connectivity index (χ1) is 5.42.